The summed E-state index contributed by atoms with van der Waals surface area (Å²) in [5.74, 6) is -0.0665. The van der Waals surface area contributed by atoms with Crippen molar-refractivity contribution < 1.29 is 27.5 Å². The largest absolute Gasteiger partial charge is 0.416 e. The first kappa shape index (κ1) is 28.2. The van der Waals surface area contributed by atoms with Crippen molar-refractivity contribution in [1.82, 2.24) is 20.4 Å². The van der Waals surface area contributed by atoms with Crippen molar-refractivity contribution >= 4 is 11.9 Å². The fourth-order valence-electron chi connectivity index (χ4n) is 5.67. The zero-order valence-electron chi connectivity index (χ0n) is 21.6. The summed E-state index contributed by atoms with van der Waals surface area (Å²) < 4.78 is 44.7. The summed E-state index contributed by atoms with van der Waals surface area (Å²) in [7, 11) is 0. The number of ether oxygens (including phenoxy) is 1. The number of benzene rings is 1. The molecule has 2 atom stereocenters. The third-order valence-corrected chi connectivity index (χ3v) is 7.79. The number of carbonyl (C=O) groups is 2. The number of amides is 3. The van der Waals surface area contributed by atoms with E-state index in [0.717, 1.165) is 37.8 Å². The maximum absolute atomic E-state index is 13.5. The molecular formula is C27H36F3N5O3. The number of nitriles is 1. The standard InChI is InChI=1S/C27H36F3N5O3/c28-27(29,30)22-8-4-7-21(15-22)17-34-10-9-26(18-31,19-34)33-24(36)23(16-20-5-2-1-3-6-20)32-25(37)35-11-13-38-14-12-35/h4,7-8,15,20,23H,1-3,5-6,9-14,16-17,19H2,(H,32,37)(H,33,36). The molecule has 1 aromatic rings. The highest BCUT2D eigenvalue weighted by Gasteiger charge is 2.42. The van der Waals surface area contributed by atoms with E-state index in [1.165, 1.54) is 12.5 Å². The monoisotopic (exact) mass is 535 g/mol. The number of carbonyl (C=O) groups excluding carboxylic acids is 2. The predicted molar refractivity (Wildman–Crippen MR) is 134 cm³/mol. The lowest BCUT2D eigenvalue weighted by Gasteiger charge is -2.32. The second-order valence-electron chi connectivity index (χ2n) is 10.7. The molecule has 1 aromatic carbocycles. The van der Waals surface area contributed by atoms with E-state index in [1.807, 2.05) is 4.90 Å². The first-order valence-corrected chi connectivity index (χ1v) is 13.4. The predicted octanol–water partition coefficient (Wildman–Crippen LogP) is 3.67. The van der Waals surface area contributed by atoms with Crippen molar-refractivity contribution in [3.63, 3.8) is 0 Å². The molecule has 3 fully saturated rings. The normalized spacial score (nSPS) is 24.0. The number of urea groups is 1. The molecule has 0 bridgehead atoms. The number of halogens is 3. The van der Waals surface area contributed by atoms with E-state index in [2.05, 4.69) is 16.7 Å². The molecule has 3 amide bonds. The van der Waals surface area contributed by atoms with Crippen LogP contribution in [0, 0.1) is 17.2 Å². The SMILES string of the molecule is N#CC1(NC(=O)C(CC2CCCCC2)NC(=O)N2CCOCC2)CCN(Cc2cccc(C(F)(F)F)c2)C1. The van der Waals surface area contributed by atoms with Crippen LogP contribution >= 0.6 is 0 Å². The van der Waals surface area contributed by atoms with Crippen molar-refractivity contribution in [3.05, 3.63) is 35.4 Å². The molecule has 2 unspecified atom stereocenters. The van der Waals surface area contributed by atoms with Crippen molar-refractivity contribution in [2.45, 2.75) is 69.2 Å². The minimum Gasteiger partial charge on any atom is -0.378 e. The van der Waals surface area contributed by atoms with E-state index in [0.29, 0.717) is 57.2 Å². The fourth-order valence-corrected chi connectivity index (χ4v) is 5.67. The van der Waals surface area contributed by atoms with E-state index in [-0.39, 0.29) is 25.0 Å². The molecule has 2 heterocycles. The highest BCUT2D eigenvalue weighted by atomic mass is 19.4. The van der Waals surface area contributed by atoms with Crippen LogP contribution in [0.1, 0.15) is 56.1 Å². The number of rotatable bonds is 7. The van der Waals surface area contributed by atoms with Gasteiger partial charge in [-0.15, -0.1) is 0 Å². The molecule has 11 heteroatoms. The lowest BCUT2D eigenvalue weighted by molar-refractivity contribution is -0.137. The number of likely N-dealkylation sites (tertiary alicyclic amines) is 1. The Hall–Kier alpha value is -2.84. The number of morpholine rings is 1. The first-order valence-electron chi connectivity index (χ1n) is 13.4. The Balaban J connectivity index is 1.41. The summed E-state index contributed by atoms with van der Waals surface area (Å²) in [5, 5.41) is 15.9. The molecule has 1 aliphatic carbocycles. The third-order valence-electron chi connectivity index (χ3n) is 7.79. The Morgan fingerprint density at radius 1 is 1.16 bits per heavy atom. The highest BCUT2D eigenvalue weighted by molar-refractivity contribution is 5.88. The van der Waals surface area contributed by atoms with Crippen molar-refractivity contribution in [2.75, 3.05) is 39.4 Å². The highest BCUT2D eigenvalue weighted by Crippen LogP contribution is 2.31. The van der Waals surface area contributed by atoms with Gasteiger partial charge in [0.25, 0.3) is 0 Å². The summed E-state index contributed by atoms with van der Waals surface area (Å²) in [6.45, 7) is 2.70. The van der Waals surface area contributed by atoms with Crippen LogP contribution in [0.25, 0.3) is 0 Å². The van der Waals surface area contributed by atoms with Gasteiger partial charge in [0.2, 0.25) is 5.91 Å². The van der Waals surface area contributed by atoms with Crippen LogP contribution in [0.2, 0.25) is 0 Å². The van der Waals surface area contributed by atoms with Crippen LogP contribution in [-0.2, 0) is 22.3 Å². The van der Waals surface area contributed by atoms with E-state index in [1.54, 1.807) is 11.0 Å². The zero-order chi connectivity index (χ0) is 27.2. The Labute approximate surface area is 221 Å². The maximum Gasteiger partial charge on any atom is 0.416 e. The summed E-state index contributed by atoms with van der Waals surface area (Å²) >= 11 is 0. The van der Waals surface area contributed by atoms with Crippen molar-refractivity contribution in [2.24, 2.45) is 5.92 Å². The van der Waals surface area contributed by atoms with Gasteiger partial charge in [0.1, 0.15) is 11.6 Å². The lowest BCUT2D eigenvalue weighted by Crippen LogP contribution is -2.58. The van der Waals surface area contributed by atoms with Gasteiger partial charge in [-0.1, -0.05) is 50.3 Å². The van der Waals surface area contributed by atoms with E-state index >= 15 is 0 Å². The molecule has 208 valence electrons. The van der Waals surface area contributed by atoms with Gasteiger partial charge in [-0.3, -0.25) is 9.69 Å². The number of hydrogen-bond acceptors (Lipinski definition) is 5. The molecule has 2 saturated heterocycles. The van der Waals surface area contributed by atoms with E-state index < -0.39 is 23.3 Å². The van der Waals surface area contributed by atoms with Crippen LogP contribution in [0.5, 0.6) is 0 Å². The molecule has 2 aliphatic heterocycles. The zero-order valence-corrected chi connectivity index (χ0v) is 21.6. The summed E-state index contributed by atoms with van der Waals surface area (Å²) in [6.07, 6.45) is 1.82. The molecule has 0 radical (unpaired) electrons. The summed E-state index contributed by atoms with van der Waals surface area (Å²) in [6, 6.07) is 6.31. The molecule has 0 aromatic heterocycles. The van der Waals surface area contributed by atoms with Crippen LogP contribution in [-0.4, -0.2) is 72.7 Å². The molecule has 4 rings (SSSR count). The first-order chi connectivity index (χ1) is 18.2. The van der Waals surface area contributed by atoms with E-state index in [9.17, 15) is 28.0 Å². The molecule has 3 aliphatic rings. The molecule has 2 N–H and O–H groups in total. The van der Waals surface area contributed by atoms with Gasteiger partial charge in [0.05, 0.1) is 24.8 Å². The molecule has 38 heavy (non-hydrogen) atoms. The Morgan fingerprint density at radius 3 is 2.58 bits per heavy atom. The number of alkyl halides is 3. The van der Waals surface area contributed by atoms with E-state index in [4.69, 9.17) is 4.74 Å². The average molecular weight is 536 g/mol. The molecular weight excluding hydrogens is 499 g/mol. The van der Waals surface area contributed by atoms with Gasteiger partial charge in [-0.2, -0.15) is 18.4 Å². The van der Waals surface area contributed by atoms with Gasteiger partial charge in [0.15, 0.2) is 0 Å². The van der Waals surface area contributed by atoms with Crippen molar-refractivity contribution in [1.29, 1.82) is 5.26 Å². The second kappa shape index (κ2) is 12.3. The van der Waals surface area contributed by atoms with Gasteiger partial charge >= 0.3 is 12.2 Å². The number of hydrogen-bond donors (Lipinski definition) is 2. The smallest absolute Gasteiger partial charge is 0.378 e. The van der Waals surface area contributed by atoms with Crippen LogP contribution in [0.4, 0.5) is 18.0 Å². The number of nitrogens with zero attached hydrogens (tertiary/aromatic N) is 3. The van der Waals surface area contributed by atoms with Gasteiger partial charge in [-0.05, 0) is 30.4 Å². The van der Waals surface area contributed by atoms with Gasteiger partial charge < -0.3 is 20.3 Å². The molecule has 1 saturated carbocycles. The quantitative estimate of drug-likeness (QED) is 0.555. The Bertz CT molecular complexity index is 1020. The summed E-state index contributed by atoms with van der Waals surface area (Å²) in [4.78, 5) is 29.9. The lowest BCUT2D eigenvalue weighted by atomic mass is 9.84. The number of nitrogens with one attached hydrogen (secondary N) is 2. The second-order valence-corrected chi connectivity index (χ2v) is 10.7. The van der Waals surface area contributed by atoms with Crippen molar-refractivity contribution in [3.8, 4) is 6.07 Å². The maximum atomic E-state index is 13.5. The molecule has 8 nitrogen and oxygen atoms in total. The van der Waals surface area contributed by atoms with Gasteiger partial charge in [-0.25, -0.2) is 4.79 Å². The minimum atomic E-state index is -4.43. The minimum absolute atomic E-state index is 0.193. The third kappa shape index (κ3) is 7.38. The van der Waals surface area contributed by atoms with Crippen LogP contribution in [0.3, 0.4) is 0 Å². The fraction of sp³-hybridized carbons (Fsp3) is 0.667. The van der Waals surface area contributed by atoms with Crippen LogP contribution in [0.15, 0.2) is 24.3 Å². The Kier molecular flexibility index (Phi) is 9.15. The molecule has 0 spiro atoms. The van der Waals surface area contributed by atoms with Crippen LogP contribution < -0.4 is 10.6 Å². The van der Waals surface area contributed by atoms with Gasteiger partial charge in [0, 0.05) is 32.7 Å². The Morgan fingerprint density at radius 2 is 1.89 bits per heavy atom. The summed E-state index contributed by atoms with van der Waals surface area (Å²) in [5.41, 5.74) is -1.39. The average Bonchev–Trinajstić information content (AvgIpc) is 3.31. The topological polar surface area (TPSA) is 97.7 Å².